The van der Waals surface area contributed by atoms with Crippen molar-refractivity contribution in [3.63, 3.8) is 0 Å². The van der Waals surface area contributed by atoms with Crippen molar-refractivity contribution in [3.05, 3.63) is 0 Å². The maximum Gasteiger partial charge on any atom is 0.246 e. The number of ether oxygens (including phenoxy) is 3. The van der Waals surface area contributed by atoms with Gasteiger partial charge < -0.3 is 19.5 Å². The molecule has 0 aromatic rings. The van der Waals surface area contributed by atoms with Gasteiger partial charge in [-0.3, -0.25) is 4.79 Å². The third-order valence-corrected chi connectivity index (χ3v) is 4.35. The van der Waals surface area contributed by atoms with E-state index >= 15 is 0 Å². The van der Waals surface area contributed by atoms with Gasteiger partial charge in [0.2, 0.25) is 5.91 Å². The zero-order chi connectivity index (χ0) is 15.1. The van der Waals surface area contributed by atoms with Gasteiger partial charge in [-0.15, -0.1) is 0 Å². The number of carbonyl (C=O) groups is 1. The van der Waals surface area contributed by atoms with Crippen molar-refractivity contribution in [1.82, 2.24) is 5.32 Å². The summed E-state index contributed by atoms with van der Waals surface area (Å²) < 4.78 is 17.2. The van der Waals surface area contributed by atoms with Gasteiger partial charge in [-0.25, -0.2) is 0 Å². The smallest absolute Gasteiger partial charge is 0.246 e. The molecular weight excluding hydrogens is 270 g/mol. The summed E-state index contributed by atoms with van der Waals surface area (Å²) in [5.41, 5.74) is 0. The van der Waals surface area contributed by atoms with Crippen LogP contribution in [0, 0.1) is 5.92 Å². The van der Waals surface area contributed by atoms with Gasteiger partial charge in [-0.2, -0.15) is 0 Å². The molecule has 1 aliphatic heterocycles. The molecule has 0 aromatic carbocycles. The van der Waals surface area contributed by atoms with Gasteiger partial charge in [0.05, 0.1) is 6.61 Å². The van der Waals surface area contributed by atoms with Crippen LogP contribution in [0.25, 0.3) is 0 Å². The maximum absolute atomic E-state index is 11.6. The first-order valence-electron chi connectivity index (χ1n) is 8.30. The third kappa shape index (κ3) is 5.24. The first-order valence-corrected chi connectivity index (χ1v) is 8.30. The molecule has 1 aliphatic carbocycles. The van der Waals surface area contributed by atoms with Gasteiger partial charge in [-0.05, 0) is 25.2 Å². The van der Waals surface area contributed by atoms with E-state index in [4.69, 9.17) is 14.2 Å². The van der Waals surface area contributed by atoms with Gasteiger partial charge in [0.25, 0.3) is 0 Å². The highest BCUT2D eigenvalue weighted by atomic mass is 16.7. The van der Waals surface area contributed by atoms with E-state index in [1.807, 2.05) is 0 Å². The van der Waals surface area contributed by atoms with Crippen LogP contribution >= 0.6 is 0 Å². The Morgan fingerprint density at radius 3 is 2.86 bits per heavy atom. The van der Waals surface area contributed by atoms with Crippen LogP contribution in [0.2, 0.25) is 0 Å². The maximum atomic E-state index is 11.6. The number of rotatable bonds is 7. The molecule has 122 valence electrons. The van der Waals surface area contributed by atoms with Crippen molar-refractivity contribution in [1.29, 1.82) is 0 Å². The lowest BCUT2D eigenvalue weighted by Crippen LogP contribution is -2.39. The lowest BCUT2D eigenvalue weighted by Gasteiger charge is -2.34. The normalized spacial score (nSPS) is 32.5. The lowest BCUT2D eigenvalue weighted by atomic mass is 9.86. The summed E-state index contributed by atoms with van der Waals surface area (Å²) in [7, 11) is 0. The van der Waals surface area contributed by atoms with Gasteiger partial charge in [0.1, 0.15) is 12.7 Å². The number of carbonyl (C=O) groups excluding carboxylic acids is 1. The van der Waals surface area contributed by atoms with Crippen LogP contribution in [0.1, 0.15) is 52.4 Å². The topological polar surface area (TPSA) is 56.8 Å². The molecule has 0 bridgehead atoms. The van der Waals surface area contributed by atoms with E-state index in [1.54, 1.807) is 0 Å². The fourth-order valence-electron chi connectivity index (χ4n) is 2.87. The molecule has 1 amide bonds. The van der Waals surface area contributed by atoms with Crippen LogP contribution in [0.3, 0.4) is 0 Å². The van der Waals surface area contributed by atoms with Crippen molar-refractivity contribution in [2.24, 2.45) is 5.92 Å². The molecule has 1 saturated heterocycles. The highest BCUT2D eigenvalue weighted by molar-refractivity contribution is 5.77. The summed E-state index contributed by atoms with van der Waals surface area (Å²) >= 11 is 0. The molecule has 5 heteroatoms. The van der Waals surface area contributed by atoms with Gasteiger partial charge >= 0.3 is 0 Å². The zero-order valence-electron chi connectivity index (χ0n) is 13.4. The van der Waals surface area contributed by atoms with Crippen LogP contribution in [0.4, 0.5) is 0 Å². The summed E-state index contributed by atoms with van der Waals surface area (Å²) in [6.45, 7) is 6.24. The van der Waals surface area contributed by atoms with E-state index in [0.29, 0.717) is 19.8 Å². The minimum Gasteiger partial charge on any atom is -0.372 e. The van der Waals surface area contributed by atoms with E-state index in [2.05, 4.69) is 19.2 Å². The molecule has 1 saturated carbocycles. The molecular formula is C16H29NO4. The Morgan fingerprint density at radius 1 is 1.38 bits per heavy atom. The summed E-state index contributed by atoms with van der Waals surface area (Å²) in [4.78, 5) is 11.6. The van der Waals surface area contributed by atoms with Crippen molar-refractivity contribution in [2.75, 3.05) is 26.4 Å². The van der Waals surface area contributed by atoms with Crippen LogP contribution in [-0.2, 0) is 19.0 Å². The monoisotopic (exact) mass is 299 g/mol. The molecule has 21 heavy (non-hydrogen) atoms. The summed E-state index contributed by atoms with van der Waals surface area (Å²) in [5, 5.41) is 2.86. The Labute approximate surface area is 127 Å². The summed E-state index contributed by atoms with van der Waals surface area (Å²) in [5.74, 6) is 0.314. The molecule has 1 atom stereocenters. The molecule has 0 radical (unpaired) electrons. The van der Waals surface area contributed by atoms with Gasteiger partial charge in [-0.1, -0.05) is 20.3 Å². The quantitative estimate of drug-likeness (QED) is 0.733. The predicted molar refractivity (Wildman–Crippen MR) is 79.9 cm³/mol. The van der Waals surface area contributed by atoms with Gasteiger partial charge in [0.15, 0.2) is 5.79 Å². The Hall–Kier alpha value is -0.650. The molecule has 1 unspecified atom stereocenters. The first-order chi connectivity index (χ1) is 10.1. The second kappa shape index (κ2) is 8.11. The Morgan fingerprint density at radius 2 is 2.14 bits per heavy atom. The zero-order valence-corrected chi connectivity index (χ0v) is 13.4. The fourth-order valence-corrected chi connectivity index (χ4v) is 2.87. The lowest BCUT2D eigenvalue weighted by molar-refractivity contribution is -0.191. The van der Waals surface area contributed by atoms with Crippen LogP contribution in [0.5, 0.6) is 0 Å². The van der Waals surface area contributed by atoms with Crippen LogP contribution < -0.4 is 5.32 Å². The van der Waals surface area contributed by atoms with E-state index in [1.165, 1.54) is 0 Å². The Bertz CT molecular complexity index is 326. The molecule has 2 fully saturated rings. The molecule has 1 N–H and O–H groups in total. The largest absolute Gasteiger partial charge is 0.372 e. The van der Waals surface area contributed by atoms with Crippen molar-refractivity contribution < 1.29 is 19.0 Å². The van der Waals surface area contributed by atoms with E-state index in [0.717, 1.165) is 44.4 Å². The molecule has 0 aromatic heterocycles. The highest BCUT2D eigenvalue weighted by Crippen LogP contribution is 2.39. The van der Waals surface area contributed by atoms with Gasteiger partial charge in [0, 0.05) is 26.0 Å². The highest BCUT2D eigenvalue weighted by Gasteiger charge is 2.43. The van der Waals surface area contributed by atoms with Crippen LogP contribution in [-0.4, -0.2) is 44.2 Å². The molecule has 2 rings (SSSR count). The Balaban J connectivity index is 1.61. The first kappa shape index (κ1) is 16.7. The van der Waals surface area contributed by atoms with E-state index < -0.39 is 0 Å². The minimum absolute atomic E-state index is 0.0296. The molecule has 1 spiro atoms. The predicted octanol–water partition coefficient (Wildman–Crippen LogP) is 2.24. The van der Waals surface area contributed by atoms with Crippen molar-refractivity contribution >= 4 is 5.91 Å². The third-order valence-electron chi connectivity index (χ3n) is 4.35. The fraction of sp³-hybridized carbons (Fsp3) is 0.938. The van der Waals surface area contributed by atoms with E-state index in [-0.39, 0.29) is 24.4 Å². The summed E-state index contributed by atoms with van der Waals surface area (Å²) in [6, 6.07) is 0. The second-order valence-corrected chi connectivity index (χ2v) is 6.35. The average molecular weight is 299 g/mol. The standard InChI is InChI=1S/C16H29NO4/c1-3-4-9-19-12-15(18)17-10-14-11-20-16(21-14)7-5-13(2)6-8-16/h13-14H,3-12H2,1-2H3,(H,17,18). The van der Waals surface area contributed by atoms with Crippen molar-refractivity contribution in [3.8, 4) is 0 Å². The molecule has 5 nitrogen and oxygen atoms in total. The Kier molecular flexibility index (Phi) is 6.45. The SMILES string of the molecule is CCCCOCC(=O)NCC1COC2(CCC(C)CC2)O1. The number of unbranched alkanes of at least 4 members (excludes halogenated alkanes) is 1. The molecule has 1 heterocycles. The number of hydrogen-bond donors (Lipinski definition) is 1. The average Bonchev–Trinajstić information content (AvgIpc) is 2.88. The van der Waals surface area contributed by atoms with E-state index in [9.17, 15) is 4.79 Å². The molecule has 2 aliphatic rings. The number of hydrogen-bond acceptors (Lipinski definition) is 4. The summed E-state index contributed by atoms with van der Waals surface area (Å²) in [6.07, 6.45) is 6.30. The van der Waals surface area contributed by atoms with Crippen molar-refractivity contribution in [2.45, 2.75) is 64.3 Å². The number of nitrogens with one attached hydrogen (secondary N) is 1. The van der Waals surface area contributed by atoms with Crippen LogP contribution in [0.15, 0.2) is 0 Å². The second-order valence-electron chi connectivity index (χ2n) is 6.35. The number of amides is 1. The minimum atomic E-state index is -0.375.